The van der Waals surface area contributed by atoms with Crippen molar-refractivity contribution in [2.45, 2.75) is 70.8 Å². The van der Waals surface area contributed by atoms with E-state index in [0.717, 1.165) is 36.8 Å². The molecule has 0 saturated carbocycles. The fraction of sp³-hybridized carbons (Fsp3) is 0.600. The Morgan fingerprint density at radius 2 is 1.54 bits per heavy atom. The summed E-state index contributed by atoms with van der Waals surface area (Å²) < 4.78 is 4.65. The molecule has 0 bridgehead atoms. The number of nitrogens with zero attached hydrogens (tertiary/aromatic N) is 3. The van der Waals surface area contributed by atoms with Gasteiger partial charge < -0.3 is 4.74 Å². The summed E-state index contributed by atoms with van der Waals surface area (Å²) in [7, 11) is 0. The maximum absolute atomic E-state index is 12.1. The van der Waals surface area contributed by atoms with Crippen LogP contribution in [0.15, 0.2) is 29.4 Å². The van der Waals surface area contributed by atoms with Crippen molar-refractivity contribution in [1.82, 2.24) is 0 Å². The zero-order valence-corrected chi connectivity index (χ0v) is 15.4. The van der Waals surface area contributed by atoms with Gasteiger partial charge in [-0.2, -0.15) is 0 Å². The van der Waals surface area contributed by atoms with Gasteiger partial charge in [0, 0.05) is 16.9 Å². The van der Waals surface area contributed by atoms with Gasteiger partial charge in [-0.3, -0.25) is 9.59 Å². The van der Waals surface area contributed by atoms with E-state index in [1.807, 2.05) is 24.3 Å². The van der Waals surface area contributed by atoms with Crippen molar-refractivity contribution in [1.29, 1.82) is 0 Å². The first kappa shape index (κ1) is 21.7. The number of Topliss-reactive ketones (excluding diaryl/α,β-unsaturated/α-hetero) is 1. The van der Waals surface area contributed by atoms with Gasteiger partial charge in [-0.15, -0.1) is 0 Å². The highest BCUT2D eigenvalue weighted by Gasteiger charge is 2.05. The monoisotopic (exact) mass is 359 g/mol. The Morgan fingerprint density at radius 3 is 2.12 bits per heavy atom. The first-order valence-electron chi connectivity index (χ1n) is 9.46. The highest BCUT2D eigenvalue weighted by molar-refractivity contribution is 5.96. The molecule has 6 heteroatoms. The average molecular weight is 359 g/mol. The fourth-order valence-corrected chi connectivity index (χ4v) is 2.81. The van der Waals surface area contributed by atoms with Crippen LogP contribution in [0.1, 0.15) is 80.1 Å². The third kappa shape index (κ3) is 10.5. The Balaban J connectivity index is 2.01. The van der Waals surface area contributed by atoms with Crippen molar-refractivity contribution in [3.05, 3.63) is 45.8 Å². The lowest BCUT2D eigenvalue weighted by Crippen LogP contribution is -1.99. The topological polar surface area (TPSA) is 92.1 Å². The Kier molecular flexibility index (Phi) is 12.5. The Labute approximate surface area is 155 Å². The number of azide groups is 1. The summed E-state index contributed by atoms with van der Waals surface area (Å²) in [4.78, 5) is 24.8. The number of ketones is 1. The Morgan fingerprint density at radius 1 is 0.962 bits per heavy atom. The summed E-state index contributed by atoms with van der Waals surface area (Å²) in [5.41, 5.74) is 9.94. The number of benzene rings is 1. The molecule has 1 aromatic carbocycles. The molecule has 0 N–H and O–H groups in total. The van der Waals surface area contributed by atoms with Crippen molar-refractivity contribution < 1.29 is 14.3 Å². The van der Waals surface area contributed by atoms with Crippen molar-refractivity contribution in [2.75, 3.05) is 6.61 Å². The molecule has 0 amide bonds. The lowest BCUT2D eigenvalue weighted by atomic mass is 10.0. The lowest BCUT2D eigenvalue weighted by Gasteiger charge is -2.04. The van der Waals surface area contributed by atoms with Crippen molar-refractivity contribution in [3.63, 3.8) is 0 Å². The Bertz CT molecular complexity index is 566. The van der Waals surface area contributed by atoms with E-state index in [4.69, 9.17) is 5.53 Å². The summed E-state index contributed by atoms with van der Waals surface area (Å²) in [6, 6.07) is 7.30. The van der Waals surface area contributed by atoms with Crippen LogP contribution < -0.4 is 0 Å². The van der Waals surface area contributed by atoms with Gasteiger partial charge >= 0.3 is 0 Å². The molecule has 0 fully saturated rings. The van der Waals surface area contributed by atoms with Crippen molar-refractivity contribution in [3.8, 4) is 0 Å². The average Bonchev–Trinajstić information content (AvgIpc) is 2.67. The zero-order valence-electron chi connectivity index (χ0n) is 15.4. The second kappa shape index (κ2) is 15.0. The van der Waals surface area contributed by atoms with Gasteiger partial charge in [0.2, 0.25) is 0 Å². The molecule has 1 aromatic rings. The van der Waals surface area contributed by atoms with E-state index in [1.54, 1.807) is 0 Å². The number of hydrogen-bond donors (Lipinski definition) is 0. The molecule has 6 nitrogen and oxygen atoms in total. The van der Waals surface area contributed by atoms with Crippen LogP contribution in [0.2, 0.25) is 0 Å². The van der Waals surface area contributed by atoms with E-state index in [0.29, 0.717) is 26.0 Å². The van der Waals surface area contributed by atoms with E-state index in [1.165, 1.54) is 32.1 Å². The highest BCUT2D eigenvalue weighted by Crippen LogP contribution is 2.13. The maximum Gasteiger partial charge on any atom is 0.293 e. The predicted octanol–water partition coefficient (Wildman–Crippen LogP) is 5.75. The van der Waals surface area contributed by atoms with Gasteiger partial charge in [-0.1, -0.05) is 74.3 Å². The third-order valence-electron chi connectivity index (χ3n) is 4.33. The lowest BCUT2D eigenvalue weighted by molar-refractivity contribution is -0.128. The summed E-state index contributed by atoms with van der Waals surface area (Å²) >= 11 is 0. The van der Waals surface area contributed by atoms with E-state index in [2.05, 4.69) is 14.8 Å². The molecule has 0 saturated heterocycles. The molecule has 26 heavy (non-hydrogen) atoms. The number of unbranched alkanes of at least 4 members (excludes halogenated alkanes) is 8. The maximum atomic E-state index is 12.1. The molecule has 0 heterocycles. The van der Waals surface area contributed by atoms with Gasteiger partial charge in [0.05, 0.1) is 13.2 Å². The van der Waals surface area contributed by atoms with Gasteiger partial charge in [0.15, 0.2) is 5.78 Å². The minimum Gasteiger partial charge on any atom is -0.468 e. The molecule has 0 atom stereocenters. The van der Waals surface area contributed by atoms with Crippen molar-refractivity contribution in [2.24, 2.45) is 5.11 Å². The fourth-order valence-electron chi connectivity index (χ4n) is 2.81. The largest absolute Gasteiger partial charge is 0.468 e. The number of ether oxygens (including phenoxy) is 1. The van der Waals surface area contributed by atoms with E-state index < -0.39 is 0 Å². The Hall–Kier alpha value is -2.33. The summed E-state index contributed by atoms with van der Waals surface area (Å²) in [6.07, 6.45) is 10.7. The van der Waals surface area contributed by atoms with Gasteiger partial charge in [-0.25, -0.2) is 0 Å². The number of rotatable bonds is 16. The first-order chi connectivity index (χ1) is 12.8. The zero-order chi connectivity index (χ0) is 18.9. The third-order valence-corrected chi connectivity index (χ3v) is 4.33. The molecule has 0 unspecified atom stereocenters. The number of carbonyl (C=O) groups is 2. The minimum atomic E-state index is 0.179. The molecule has 0 aromatic heterocycles. The molecule has 0 radical (unpaired) electrons. The molecule has 142 valence electrons. The molecule has 0 aliphatic heterocycles. The molecule has 0 aliphatic rings. The molecule has 0 aliphatic carbocycles. The summed E-state index contributed by atoms with van der Waals surface area (Å²) in [6.45, 7) is 1.36. The minimum absolute atomic E-state index is 0.179. The van der Waals surface area contributed by atoms with Gasteiger partial charge in [-0.05, 0) is 23.9 Å². The SMILES string of the molecule is [N-]=[N+]=NCc1ccc(C(=O)CCCCCCCCCCCOC=O)cc1. The number of hydrogen-bond acceptors (Lipinski definition) is 4. The van der Waals surface area contributed by atoms with Crippen LogP contribution in [0.5, 0.6) is 0 Å². The second-order valence-corrected chi connectivity index (χ2v) is 6.41. The summed E-state index contributed by atoms with van der Waals surface area (Å²) in [5, 5.41) is 3.51. The normalized spacial score (nSPS) is 10.2. The molecule has 1 rings (SSSR count). The van der Waals surface area contributed by atoms with E-state index in [9.17, 15) is 9.59 Å². The van der Waals surface area contributed by atoms with Crippen LogP contribution in [0.4, 0.5) is 0 Å². The van der Waals surface area contributed by atoms with Crippen LogP contribution in [-0.4, -0.2) is 18.9 Å². The first-order valence-corrected chi connectivity index (χ1v) is 9.46. The van der Waals surface area contributed by atoms with Crippen LogP contribution in [-0.2, 0) is 16.1 Å². The molecular weight excluding hydrogens is 330 g/mol. The predicted molar refractivity (Wildman–Crippen MR) is 102 cm³/mol. The van der Waals surface area contributed by atoms with Crippen LogP contribution in [0.25, 0.3) is 10.4 Å². The quantitative estimate of drug-likeness (QED) is 0.0938. The van der Waals surface area contributed by atoms with Gasteiger partial charge in [0.1, 0.15) is 0 Å². The van der Waals surface area contributed by atoms with Crippen LogP contribution in [0, 0.1) is 0 Å². The summed E-state index contributed by atoms with van der Waals surface area (Å²) in [5.74, 6) is 0.179. The van der Waals surface area contributed by atoms with Crippen molar-refractivity contribution >= 4 is 12.3 Å². The smallest absolute Gasteiger partial charge is 0.293 e. The molecule has 0 spiro atoms. The van der Waals surface area contributed by atoms with E-state index in [-0.39, 0.29) is 5.78 Å². The van der Waals surface area contributed by atoms with E-state index >= 15 is 0 Å². The second-order valence-electron chi connectivity index (χ2n) is 6.41. The van der Waals surface area contributed by atoms with Crippen LogP contribution in [0.3, 0.4) is 0 Å². The van der Waals surface area contributed by atoms with Gasteiger partial charge in [0.25, 0.3) is 6.47 Å². The highest BCUT2D eigenvalue weighted by atomic mass is 16.5. The molecular formula is C20H29N3O3. The van der Waals surface area contributed by atoms with Crippen LogP contribution >= 0.6 is 0 Å². The standard InChI is InChI=1S/C20H29N3O3/c21-23-22-16-18-11-13-19(14-12-18)20(25)10-8-6-4-2-1-3-5-7-9-15-26-17-24/h11-14,17H,1-10,15-16H2. The number of carbonyl (C=O) groups excluding carboxylic acids is 2.